The van der Waals surface area contributed by atoms with Crippen LogP contribution in [0.25, 0.3) is 6.08 Å². The van der Waals surface area contributed by atoms with Gasteiger partial charge in [-0.3, -0.25) is 4.79 Å². The molecule has 0 saturated carbocycles. The molecule has 0 heterocycles. The Bertz CT molecular complexity index is 1180. The number of hydrogen-bond donors (Lipinski definition) is 1. The highest BCUT2D eigenvalue weighted by Crippen LogP contribution is 2.27. The number of nitrogens with zero attached hydrogens (tertiary/aromatic N) is 1. The Balaban J connectivity index is 1.84. The van der Waals surface area contributed by atoms with Gasteiger partial charge in [-0.15, -0.1) is 0 Å². The average Bonchev–Trinajstić information content (AvgIpc) is 2.75. The minimum Gasteiger partial charge on any atom is -0.488 e. The van der Waals surface area contributed by atoms with Crippen molar-refractivity contribution in [2.75, 3.05) is 5.32 Å². The van der Waals surface area contributed by atoms with E-state index in [0.717, 1.165) is 24.7 Å². The molecule has 0 radical (unpaired) electrons. The van der Waals surface area contributed by atoms with Gasteiger partial charge in [0.05, 0.1) is 0 Å². The normalized spacial score (nSPS) is 11.0. The minimum absolute atomic E-state index is 0.00174. The van der Waals surface area contributed by atoms with E-state index in [0.29, 0.717) is 23.6 Å². The number of halogens is 2. The summed E-state index contributed by atoms with van der Waals surface area (Å²) in [5, 5.41) is 12.5. The van der Waals surface area contributed by atoms with Crippen molar-refractivity contribution in [3.05, 3.63) is 96.5 Å². The number of ether oxygens (including phenoxy) is 1. The zero-order valence-electron chi connectivity index (χ0n) is 17.1. The Morgan fingerprint density at radius 3 is 2.58 bits per heavy atom. The van der Waals surface area contributed by atoms with Gasteiger partial charge in [-0.1, -0.05) is 40.2 Å². The molecule has 0 aliphatic carbocycles. The van der Waals surface area contributed by atoms with E-state index in [9.17, 15) is 10.1 Å². The summed E-state index contributed by atoms with van der Waals surface area (Å²) in [5.41, 5.74) is 4.33. The second-order valence-electron chi connectivity index (χ2n) is 7.04. The molecule has 0 aromatic heterocycles. The van der Waals surface area contributed by atoms with Crippen LogP contribution in [0.3, 0.4) is 0 Å². The van der Waals surface area contributed by atoms with Crippen LogP contribution in [0, 0.1) is 28.7 Å². The lowest BCUT2D eigenvalue weighted by molar-refractivity contribution is -0.112. The number of carbonyl (C=O) groups excluding carboxylic acids is 1. The fraction of sp³-hybridized carbons (Fsp3) is 0.120. The average molecular weight is 587 g/mol. The first kappa shape index (κ1) is 23.0. The van der Waals surface area contributed by atoms with Crippen molar-refractivity contribution in [3.8, 4) is 11.8 Å². The third-order valence-corrected chi connectivity index (χ3v) is 5.80. The second-order valence-corrected chi connectivity index (χ2v) is 9.20. The van der Waals surface area contributed by atoms with Gasteiger partial charge in [0.1, 0.15) is 24.0 Å². The number of nitrogens with one attached hydrogen (secondary N) is 1. The molecular weight excluding hydrogens is 567 g/mol. The van der Waals surface area contributed by atoms with Gasteiger partial charge in [0, 0.05) is 19.3 Å². The zero-order valence-corrected chi connectivity index (χ0v) is 20.8. The van der Waals surface area contributed by atoms with E-state index in [4.69, 9.17) is 4.74 Å². The van der Waals surface area contributed by atoms with Gasteiger partial charge >= 0.3 is 0 Å². The molecule has 3 aromatic rings. The lowest BCUT2D eigenvalue weighted by atomic mass is 10.1. The molecule has 0 atom stereocenters. The molecule has 3 aromatic carbocycles. The maximum atomic E-state index is 12.8. The van der Waals surface area contributed by atoms with E-state index >= 15 is 0 Å². The van der Waals surface area contributed by atoms with Crippen molar-refractivity contribution < 1.29 is 9.53 Å². The summed E-state index contributed by atoms with van der Waals surface area (Å²) in [6, 6.07) is 21.4. The number of benzene rings is 3. The maximum Gasteiger partial charge on any atom is 0.266 e. The van der Waals surface area contributed by atoms with Crippen LogP contribution in [-0.2, 0) is 11.4 Å². The quantitative estimate of drug-likeness (QED) is 0.196. The summed E-state index contributed by atoms with van der Waals surface area (Å²) in [4.78, 5) is 12.8. The molecule has 0 bridgehead atoms. The van der Waals surface area contributed by atoms with Crippen molar-refractivity contribution in [2.24, 2.45) is 0 Å². The summed E-state index contributed by atoms with van der Waals surface area (Å²) >= 11 is 5.71. The van der Waals surface area contributed by atoms with Crippen molar-refractivity contribution in [3.63, 3.8) is 0 Å². The topological polar surface area (TPSA) is 62.1 Å². The van der Waals surface area contributed by atoms with E-state index in [-0.39, 0.29) is 5.57 Å². The molecule has 31 heavy (non-hydrogen) atoms. The molecule has 0 aliphatic heterocycles. The molecular formula is C25H20BrIN2O2. The third kappa shape index (κ3) is 6.42. The smallest absolute Gasteiger partial charge is 0.266 e. The predicted octanol–water partition coefficient (Wildman–Crippen LogP) is 6.80. The van der Waals surface area contributed by atoms with Crippen LogP contribution in [-0.4, -0.2) is 5.91 Å². The number of amides is 1. The highest BCUT2D eigenvalue weighted by Gasteiger charge is 2.13. The van der Waals surface area contributed by atoms with Crippen molar-refractivity contribution in [1.82, 2.24) is 0 Å². The second kappa shape index (κ2) is 10.6. The number of anilines is 1. The van der Waals surface area contributed by atoms with Crippen LogP contribution in [0.2, 0.25) is 0 Å². The largest absolute Gasteiger partial charge is 0.488 e. The Labute approximate surface area is 204 Å². The Morgan fingerprint density at radius 2 is 1.87 bits per heavy atom. The monoisotopic (exact) mass is 586 g/mol. The van der Waals surface area contributed by atoms with Gasteiger partial charge in [-0.05, 0) is 95.6 Å². The summed E-state index contributed by atoms with van der Waals surface area (Å²) in [6.07, 6.45) is 1.55. The van der Waals surface area contributed by atoms with E-state index in [1.807, 2.05) is 80.6 Å². The molecule has 6 heteroatoms. The molecule has 3 rings (SSSR count). The van der Waals surface area contributed by atoms with Gasteiger partial charge in [-0.2, -0.15) is 5.26 Å². The SMILES string of the molecule is Cc1ccc(C)c(NC(=O)/C(C#N)=C/c2cc(Br)ccc2OCc2ccc(I)cc2)c1. The lowest BCUT2D eigenvalue weighted by Gasteiger charge is -2.11. The van der Waals surface area contributed by atoms with Crippen LogP contribution in [0.1, 0.15) is 22.3 Å². The molecule has 0 fully saturated rings. The molecule has 1 amide bonds. The number of carbonyl (C=O) groups is 1. The standard InChI is InChI=1S/C25H20BrIN2O2/c1-16-3-4-17(2)23(11-16)29-25(30)20(14-28)12-19-13-21(26)7-10-24(19)31-15-18-5-8-22(27)9-6-18/h3-13H,15H2,1-2H3,(H,29,30)/b20-12+. The van der Waals surface area contributed by atoms with Gasteiger partial charge in [0.25, 0.3) is 5.91 Å². The third-order valence-electron chi connectivity index (χ3n) is 4.59. The van der Waals surface area contributed by atoms with E-state index in [1.54, 1.807) is 6.08 Å². The minimum atomic E-state index is -0.459. The van der Waals surface area contributed by atoms with Gasteiger partial charge in [-0.25, -0.2) is 0 Å². The Hall–Kier alpha value is -2.63. The van der Waals surface area contributed by atoms with E-state index < -0.39 is 5.91 Å². The zero-order chi connectivity index (χ0) is 22.4. The molecule has 0 spiro atoms. The van der Waals surface area contributed by atoms with Crippen LogP contribution < -0.4 is 10.1 Å². The molecule has 1 N–H and O–H groups in total. The summed E-state index contributed by atoms with van der Waals surface area (Å²) in [5.74, 6) is 0.133. The Kier molecular flexibility index (Phi) is 7.88. The Morgan fingerprint density at radius 1 is 1.13 bits per heavy atom. The van der Waals surface area contributed by atoms with Crippen LogP contribution >= 0.6 is 38.5 Å². The summed E-state index contributed by atoms with van der Waals surface area (Å²) in [6.45, 7) is 4.25. The molecule has 0 unspecified atom stereocenters. The highest BCUT2D eigenvalue weighted by atomic mass is 127. The molecule has 4 nitrogen and oxygen atoms in total. The summed E-state index contributed by atoms with van der Waals surface area (Å²) < 4.78 is 7.97. The van der Waals surface area contributed by atoms with E-state index in [1.165, 1.54) is 0 Å². The lowest BCUT2D eigenvalue weighted by Crippen LogP contribution is -2.14. The van der Waals surface area contributed by atoms with E-state index in [2.05, 4.69) is 43.8 Å². The van der Waals surface area contributed by atoms with Crippen molar-refractivity contribution in [2.45, 2.75) is 20.5 Å². The van der Waals surface area contributed by atoms with Crippen LogP contribution in [0.15, 0.2) is 70.7 Å². The fourth-order valence-electron chi connectivity index (χ4n) is 2.87. The molecule has 156 valence electrons. The molecule has 0 saturated heterocycles. The number of nitriles is 1. The molecule has 0 aliphatic rings. The van der Waals surface area contributed by atoms with Gasteiger partial charge in [0.15, 0.2) is 0 Å². The van der Waals surface area contributed by atoms with Crippen LogP contribution in [0.4, 0.5) is 5.69 Å². The van der Waals surface area contributed by atoms with Crippen molar-refractivity contribution in [1.29, 1.82) is 5.26 Å². The number of aryl methyl sites for hydroxylation is 2. The highest BCUT2D eigenvalue weighted by molar-refractivity contribution is 14.1. The van der Waals surface area contributed by atoms with Crippen molar-refractivity contribution >= 4 is 56.2 Å². The maximum absolute atomic E-state index is 12.8. The first-order chi connectivity index (χ1) is 14.9. The predicted molar refractivity (Wildman–Crippen MR) is 136 cm³/mol. The first-order valence-electron chi connectivity index (χ1n) is 9.53. The number of rotatable bonds is 6. The summed E-state index contributed by atoms with van der Waals surface area (Å²) in [7, 11) is 0. The number of hydrogen-bond acceptors (Lipinski definition) is 3. The fourth-order valence-corrected chi connectivity index (χ4v) is 3.61. The first-order valence-corrected chi connectivity index (χ1v) is 11.4. The van der Waals surface area contributed by atoms with Gasteiger partial charge in [0.2, 0.25) is 0 Å². The van der Waals surface area contributed by atoms with Gasteiger partial charge < -0.3 is 10.1 Å². The van der Waals surface area contributed by atoms with Crippen LogP contribution in [0.5, 0.6) is 5.75 Å².